The Labute approximate surface area is 165 Å². The molecule has 2 aromatic heterocycles. The molecule has 0 fully saturated rings. The first-order valence-corrected chi connectivity index (χ1v) is 9.75. The summed E-state index contributed by atoms with van der Waals surface area (Å²) in [4.78, 5) is 45.4. The summed E-state index contributed by atoms with van der Waals surface area (Å²) in [6.07, 6.45) is 0.745. The number of rotatable bonds is 6. The molecule has 0 unspecified atom stereocenters. The Morgan fingerprint density at radius 3 is 2.54 bits per heavy atom. The maximum Gasteiger partial charge on any atom is 0.332 e. The summed E-state index contributed by atoms with van der Waals surface area (Å²) in [5, 5.41) is 3.52. The second-order valence-corrected chi connectivity index (χ2v) is 7.32. The van der Waals surface area contributed by atoms with Gasteiger partial charge in [-0.1, -0.05) is 42.1 Å². The number of aromatic nitrogens is 4. The van der Waals surface area contributed by atoms with Crippen LogP contribution in [-0.2, 0) is 25.3 Å². The molecule has 0 aliphatic rings. The van der Waals surface area contributed by atoms with Gasteiger partial charge in [0.25, 0.3) is 5.56 Å². The van der Waals surface area contributed by atoms with Crippen molar-refractivity contribution in [1.29, 1.82) is 0 Å². The van der Waals surface area contributed by atoms with E-state index in [9.17, 15) is 14.4 Å². The zero-order valence-corrected chi connectivity index (χ0v) is 16.7. The summed E-state index contributed by atoms with van der Waals surface area (Å²) in [5.41, 5.74) is 0.500. The van der Waals surface area contributed by atoms with E-state index in [0.717, 1.165) is 28.3 Å². The van der Waals surface area contributed by atoms with Gasteiger partial charge in [0.15, 0.2) is 5.65 Å². The molecule has 3 rings (SSSR count). The molecule has 1 amide bonds. The number of aryl methyl sites for hydroxylation is 2. The number of benzene rings is 1. The van der Waals surface area contributed by atoms with E-state index in [1.165, 1.54) is 11.6 Å². The maximum absolute atomic E-state index is 12.6. The summed E-state index contributed by atoms with van der Waals surface area (Å²) in [7, 11) is 2.97. The maximum atomic E-state index is 12.6. The van der Waals surface area contributed by atoms with E-state index in [-0.39, 0.29) is 22.7 Å². The Balaban J connectivity index is 1.74. The third-order valence-electron chi connectivity index (χ3n) is 4.30. The highest BCUT2D eigenvalue weighted by Gasteiger charge is 2.17. The zero-order valence-electron chi connectivity index (χ0n) is 15.9. The quantitative estimate of drug-likeness (QED) is 0.486. The van der Waals surface area contributed by atoms with Gasteiger partial charge in [-0.3, -0.25) is 18.7 Å². The van der Waals surface area contributed by atoms with Crippen LogP contribution >= 0.6 is 11.8 Å². The molecule has 0 radical (unpaired) electrons. The number of carbonyl (C=O) groups is 1. The van der Waals surface area contributed by atoms with Gasteiger partial charge in [-0.2, -0.15) is 0 Å². The van der Waals surface area contributed by atoms with E-state index in [4.69, 9.17) is 0 Å². The summed E-state index contributed by atoms with van der Waals surface area (Å²) >= 11 is 1.16. The van der Waals surface area contributed by atoms with Crippen LogP contribution < -0.4 is 16.6 Å². The lowest BCUT2D eigenvalue weighted by atomic mass is 10.1. The fourth-order valence-electron chi connectivity index (χ4n) is 2.81. The Hall–Kier alpha value is -2.94. The highest BCUT2D eigenvalue weighted by Crippen LogP contribution is 2.21. The van der Waals surface area contributed by atoms with Crippen molar-refractivity contribution in [3.05, 3.63) is 62.6 Å². The SMILES string of the molecule is Cc1nc(SCC(=O)NCCc2ccccc2)c2c(=O)n(C)c(=O)n(C)c2n1. The molecule has 28 heavy (non-hydrogen) atoms. The van der Waals surface area contributed by atoms with Crippen LogP contribution in [0.3, 0.4) is 0 Å². The smallest absolute Gasteiger partial charge is 0.332 e. The van der Waals surface area contributed by atoms with Crippen molar-refractivity contribution in [1.82, 2.24) is 24.4 Å². The number of nitrogens with one attached hydrogen (secondary N) is 1. The minimum atomic E-state index is -0.468. The fourth-order valence-corrected chi connectivity index (χ4v) is 3.70. The number of thioether (sulfide) groups is 1. The van der Waals surface area contributed by atoms with Crippen molar-refractivity contribution < 1.29 is 4.79 Å². The third-order valence-corrected chi connectivity index (χ3v) is 5.27. The normalized spacial score (nSPS) is 11.0. The summed E-state index contributed by atoms with van der Waals surface area (Å²) < 4.78 is 2.33. The van der Waals surface area contributed by atoms with Gasteiger partial charge in [0.1, 0.15) is 16.2 Å². The number of carbonyl (C=O) groups excluding carboxylic acids is 1. The number of amides is 1. The molecular weight excluding hydrogens is 378 g/mol. The third kappa shape index (κ3) is 4.14. The lowest BCUT2D eigenvalue weighted by molar-refractivity contribution is -0.118. The summed E-state index contributed by atoms with van der Waals surface area (Å²) in [6, 6.07) is 9.90. The van der Waals surface area contributed by atoms with E-state index in [1.54, 1.807) is 14.0 Å². The number of hydrogen-bond donors (Lipinski definition) is 1. The van der Waals surface area contributed by atoms with Gasteiger partial charge < -0.3 is 5.32 Å². The number of hydrogen-bond acceptors (Lipinski definition) is 6. The van der Waals surface area contributed by atoms with Crippen LogP contribution in [0.1, 0.15) is 11.4 Å². The Morgan fingerprint density at radius 1 is 1.11 bits per heavy atom. The average Bonchev–Trinajstić information content (AvgIpc) is 2.69. The minimum Gasteiger partial charge on any atom is -0.355 e. The Morgan fingerprint density at radius 2 is 1.82 bits per heavy atom. The second kappa shape index (κ2) is 8.39. The fraction of sp³-hybridized carbons (Fsp3) is 0.316. The molecule has 0 bridgehead atoms. The first kappa shape index (κ1) is 19.8. The van der Waals surface area contributed by atoms with Crippen LogP contribution in [-0.4, -0.2) is 37.3 Å². The lowest BCUT2D eigenvalue weighted by Gasteiger charge is -2.10. The molecule has 0 saturated heterocycles. The number of fused-ring (bicyclic) bond motifs is 1. The van der Waals surface area contributed by atoms with Gasteiger partial charge in [0.2, 0.25) is 5.91 Å². The van der Waals surface area contributed by atoms with Crippen LogP contribution in [0.2, 0.25) is 0 Å². The zero-order chi connectivity index (χ0) is 20.3. The van der Waals surface area contributed by atoms with Gasteiger partial charge >= 0.3 is 5.69 Å². The average molecular weight is 399 g/mol. The number of nitrogens with zero attached hydrogens (tertiary/aromatic N) is 4. The molecule has 8 nitrogen and oxygen atoms in total. The van der Waals surface area contributed by atoms with Crippen molar-refractivity contribution in [2.75, 3.05) is 12.3 Å². The molecule has 0 saturated carbocycles. The molecule has 0 aliphatic carbocycles. The molecule has 1 aromatic carbocycles. The molecule has 146 valence electrons. The Bertz CT molecular complexity index is 1140. The molecule has 1 N–H and O–H groups in total. The van der Waals surface area contributed by atoms with E-state index >= 15 is 0 Å². The van der Waals surface area contributed by atoms with Crippen molar-refractivity contribution in [3.63, 3.8) is 0 Å². The van der Waals surface area contributed by atoms with Crippen molar-refractivity contribution in [2.45, 2.75) is 18.4 Å². The lowest BCUT2D eigenvalue weighted by Crippen LogP contribution is -2.37. The predicted molar refractivity (Wildman–Crippen MR) is 109 cm³/mol. The first-order valence-electron chi connectivity index (χ1n) is 8.76. The molecule has 2 heterocycles. The second-order valence-electron chi connectivity index (χ2n) is 6.35. The predicted octanol–water partition coefficient (Wildman–Crippen LogP) is 0.787. The molecule has 9 heteroatoms. The minimum absolute atomic E-state index is 0.117. The van der Waals surface area contributed by atoms with Crippen LogP contribution in [0.15, 0.2) is 44.9 Å². The van der Waals surface area contributed by atoms with Crippen molar-refractivity contribution >= 4 is 28.7 Å². The highest BCUT2D eigenvalue weighted by atomic mass is 32.2. The summed E-state index contributed by atoms with van der Waals surface area (Å²) in [5.74, 6) is 0.404. The van der Waals surface area contributed by atoms with E-state index in [1.807, 2.05) is 30.3 Å². The summed E-state index contributed by atoms with van der Waals surface area (Å²) in [6.45, 7) is 2.22. The van der Waals surface area contributed by atoms with Gasteiger partial charge in [-0.25, -0.2) is 14.8 Å². The van der Waals surface area contributed by atoms with E-state index in [0.29, 0.717) is 17.4 Å². The Kier molecular flexibility index (Phi) is 5.93. The molecular formula is C19H21N5O3S. The molecule has 3 aromatic rings. The van der Waals surface area contributed by atoms with E-state index in [2.05, 4.69) is 15.3 Å². The molecule has 0 spiro atoms. The molecule has 0 atom stereocenters. The highest BCUT2D eigenvalue weighted by molar-refractivity contribution is 8.00. The van der Waals surface area contributed by atoms with Gasteiger partial charge in [0, 0.05) is 20.6 Å². The van der Waals surface area contributed by atoms with Crippen LogP contribution in [0.25, 0.3) is 11.0 Å². The topological polar surface area (TPSA) is 98.9 Å². The molecule has 0 aliphatic heterocycles. The first-order chi connectivity index (χ1) is 13.4. The van der Waals surface area contributed by atoms with Crippen LogP contribution in [0.5, 0.6) is 0 Å². The van der Waals surface area contributed by atoms with Gasteiger partial charge in [0.05, 0.1) is 5.75 Å². The van der Waals surface area contributed by atoms with Crippen molar-refractivity contribution in [3.8, 4) is 0 Å². The van der Waals surface area contributed by atoms with Crippen LogP contribution in [0.4, 0.5) is 0 Å². The standard InChI is InChI=1S/C19H21N5O3S/c1-12-21-16-15(18(26)24(3)19(27)23(16)2)17(22-12)28-11-14(25)20-10-9-13-7-5-4-6-8-13/h4-8H,9-11H2,1-3H3,(H,20,25). The van der Waals surface area contributed by atoms with Gasteiger partial charge in [-0.05, 0) is 18.9 Å². The van der Waals surface area contributed by atoms with Crippen molar-refractivity contribution in [2.24, 2.45) is 14.1 Å². The van der Waals surface area contributed by atoms with Gasteiger partial charge in [-0.15, -0.1) is 0 Å². The van der Waals surface area contributed by atoms with E-state index < -0.39 is 11.2 Å². The van der Waals surface area contributed by atoms with Crippen LogP contribution in [0, 0.1) is 6.92 Å². The largest absolute Gasteiger partial charge is 0.355 e. The monoisotopic (exact) mass is 399 g/mol.